The normalized spacial score (nSPS) is 22.7. The van der Waals surface area contributed by atoms with E-state index in [-0.39, 0.29) is 11.9 Å². The van der Waals surface area contributed by atoms with Crippen molar-refractivity contribution in [2.75, 3.05) is 6.61 Å². The van der Waals surface area contributed by atoms with E-state index < -0.39 is 0 Å². The lowest BCUT2D eigenvalue weighted by atomic mass is 10.00. The van der Waals surface area contributed by atoms with Crippen LogP contribution in [0, 0.1) is 0 Å². The van der Waals surface area contributed by atoms with Crippen molar-refractivity contribution in [2.45, 2.75) is 45.1 Å². The lowest BCUT2D eigenvalue weighted by Crippen LogP contribution is -2.28. The van der Waals surface area contributed by atoms with E-state index in [9.17, 15) is 4.79 Å². The monoisotopic (exact) mass is 182 g/mol. The first kappa shape index (κ1) is 10.5. The van der Waals surface area contributed by atoms with Crippen LogP contribution in [0.2, 0.25) is 0 Å². The Morgan fingerprint density at radius 3 is 2.85 bits per heavy atom. The summed E-state index contributed by atoms with van der Waals surface area (Å²) < 4.78 is 5.39. The van der Waals surface area contributed by atoms with Gasteiger partial charge in [0.2, 0.25) is 0 Å². The van der Waals surface area contributed by atoms with Crippen LogP contribution in [0.4, 0.5) is 0 Å². The predicted molar refractivity (Wildman–Crippen MR) is 52.6 cm³/mol. The Bertz CT molecular complexity index is 190. The fourth-order valence-corrected chi connectivity index (χ4v) is 1.48. The molecule has 13 heavy (non-hydrogen) atoms. The zero-order valence-electron chi connectivity index (χ0n) is 8.34. The zero-order chi connectivity index (χ0) is 9.68. The summed E-state index contributed by atoms with van der Waals surface area (Å²) in [6.07, 6.45) is 4.36. The minimum atomic E-state index is -0.142. The van der Waals surface area contributed by atoms with Crippen LogP contribution in [0.25, 0.3) is 0 Å². The highest BCUT2D eigenvalue weighted by Gasteiger charge is 2.21. The Balaban J connectivity index is 2.33. The van der Waals surface area contributed by atoms with Gasteiger partial charge in [0.15, 0.2) is 5.78 Å². The van der Waals surface area contributed by atoms with Crippen molar-refractivity contribution in [3.8, 4) is 0 Å². The molecular formula is C11H18O2. The Morgan fingerprint density at radius 1 is 1.54 bits per heavy atom. The second-order valence-electron chi connectivity index (χ2n) is 3.60. The van der Waals surface area contributed by atoms with Crippen molar-refractivity contribution in [3.63, 3.8) is 0 Å². The van der Waals surface area contributed by atoms with Gasteiger partial charge in [0, 0.05) is 13.0 Å². The fraction of sp³-hybridized carbons (Fsp3) is 0.727. The standard InChI is InChI=1S/C11H18O2/c1-3-9(2)8-10(12)11-6-4-5-7-13-11/h11H,2-8H2,1H3. The molecule has 0 aromatic heterocycles. The van der Waals surface area contributed by atoms with E-state index in [1.54, 1.807) is 0 Å². The quantitative estimate of drug-likeness (QED) is 0.624. The van der Waals surface area contributed by atoms with Gasteiger partial charge in [-0.1, -0.05) is 19.1 Å². The van der Waals surface area contributed by atoms with Crippen LogP contribution in [0.3, 0.4) is 0 Å². The highest BCUT2D eigenvalue weighted by molar-refractivity contribution is 5.85. The summed E-state index contributed by atoms with van der Waals surface area (Å²) >= 11 is 0. The second-order valence-corrected chi connectivity index (χ2v) is 3.60. The summed E-state index contributed by atoms with van der Waals surface area (Å²) in [5.41, 5.74) is 1.01. The first-order valence-electron chi connectivity index (χ1n) is 5.05. The van der Waals surface area contributed by atoms with Crippen LogP contribution in [0.15, 0.2) is 12.2 Å². The Hall–Kier alpha value is -0.630. The molecular weight excluding hydrogens is 164 g/mol. The number of allylic oxidation sites excluding steroid dienone is 1. The number of carbonyl (C=O) groups is 1. The van der Waals surface area contributed by atoms with Gasteiger partial charge in [-0.05, 0) is 25.7 Å². The van der Waals surface area contributed by atoms with Crippen LogP contribution in [-0.2, 0) is 9.53 Å². The van der Waals surface area contributed by atoms with Crippen LogP contribution >= 0.6 is 0 Å². The number of Topliss-reactive ketones (excluding diaryl/α,β-unsaturated/α-hetero) is 1. The van der Waals surface area contributed by atoms with E-state index in [1.807, 2.05) is 6.92 Å². The molecule has 1 heterocycles. The number of ketones is 1. The first-order chi connectivity index (χ1) is 6.24. The summed E-state index contributed by atoms with van der Waals surface area (Å²) in [5, 5.41) is 0. The number of hydrogen-bond donors (Lipinski definition) is 0. The fourth-order valence-electron chi connectivity index (χ4n) is 1.48. The highest BCUT2D eigenvalue weighted by atomic mass is 16.5. The van der Waals surface area contributed by atoms with Gasteiger partial charge in [0.1, 0.15) is 6.10 Å². The van der Waals surface area contributed by atoms with E-state index >= 15 is 0 Å². The van der Waals surface area contributed by atoms with Crippen molar-refractivity contribution < 1.29 is 9.53 Å². The molecule has 1 saturated heterocycles. The molecule has 1 aliphatic heterocycles. The molecule has 1 unspecified atom stereocenters. The number of ether oxygens (including phenoxy) is 1. The number of hydrogen-bond acceptors (Lipinski definition) is 2. The lowest BCUT2D eigenvalue weighted by Gasteiger charge is -2.21. The van der Waals surface area contributed by atoms with Crippen LogP contribution in [0.5, 0.6) is 0 Å². The molecule has 2 nitrogen and oxygen atoms in total. The van der Waals surface area contributed by atoms with Crippen molar-refractivity contribution in [3.05, 3.63) is 12.2 Å². The van der Waals surface area contributed by atoms with E-state index in [4.69, 9.17) is 4.74 Å². The van der Waals surface area contributed by atoms with Crippen LogP contribution < -0.4 is 0 Å². The number of carbonyl (C=O) groups excluding carboxylic acids is 1. The van der Waals surface area contributed by atoms with Gasteiger partial charge in [-0.3, -0.25) is 4.79 Å². The third-order valence-electron chi connectivity index (χ3n) is 2.46. The average Bonchev–Trinajstić information content (AvgIpc) is 2.19. The maximum atomic E-state index is 11.6. The summed E-state index contributed by atoms with van der Waals surface area (Å²) in [6.45, 7) is 6.60. The second kappa shape index (κ2) is 5.18. The van der Waals surface area contributed by atoms with Crippen LogP contribution in [0.1, 0.15) is 39.0 Å². The topological polar surface area (TPSA) is 26.3 Å². The molecule has 0 radical (unpaired) electrons. The van der Waals surface area contributed by atoms with Crippen molar-refractivity contribution >= 4 is 5.78 Å². The van der Waals surface area contributed by atoms with Gasteiger partial charge in [0.25, 0.3) is 0 Å². The third kappa shape index (κ3) is 3.31. The molecule has 0 N–H and O–H groups in total. The smallest absolute Gasteiger partial charge is 0.165 e. The van der Waals surface area contributed by atoms with E-state index in [0.717, 1.165) is 37.9 Å². The van der Waals surface area contributed by atoms with Gasteiger partial charge < -0.3 is 4.74 Å². The summed E-state index contributed by atoms with van der Waals surface area (Å²) in [7, 11) is 0. The predicted octanol–water partition coefficient (Wildman–Crippen LogP) is 2.48. The first-order valence-corrected chi connectivity index (χ1v) is 5.05. The minimum Gasteiger partial charge on any atom is -0.370 e. The van der Waals surface area contributed by atoms with E-state index in [2.05, 4.69) is 6.58 Å². The Kier molecular flexibility index (Phi) is 4.16. The SMILES string of the molecule is C=C(CC)CC(=O)C1CCCCO1. The molecule has 74 valence electrons. The molecule has 0 aromatic carbocycles. The van der Waals surface area contributed by atoms with Gasteiger partial charge >= 0.3 is 0 Å². The Labute approximate surface area is 80.0 Å². The highest BCUT2D eigenvalue weighted by Crippen LogP contribution is 2.16. The largest absolute Gasteiger partial charge is 0.370 e. The Morgan fingerprint density at radius 2 is 2.31 bits per heavy atom. The molecule has 0 aromatic rings. The van der Waals surface area contributed by atoms with Gasteiger partial charge in [0.05, 0.1) is 0 Å². The molecule has 2 heteroatoms. The summed E-state index contributed by atoms with van der Waals surface area (Å²) in [4.78, 5) is 11.6. The van der Waals surface area contributed by atoms with Gasteiger partial charge in [-0.15, -0.1) is 0 Å². The van der Waals surface area contributed by atoms with Crippen molar-refractivity contribution in [1.29, 1.82) is 0 Å². The maximum absolute atomic E-state index is 11.6. The molecule has 0 spiro atoms. The van der Waals surface area contributed by atoms with Crippen LogP contribution in [-0.4, -0.2) is 18.5 Å². The molecule has 1 fully saturated rings. The minimum absolute atomic E-state index is 0.142. The van der Waals surface area contributed by atoms with Crippen molar-refractivity contribution in [2.24, 2.45) is 0 Å². The summed E-state index contributed by atoms with van der Waals surface area (Å²) in [6, 6.07) is 0. The molecule has 1 aliphatic rings. The average molecular weight is 182 g/mol. The molecule has 1 rings (SSSR count). The summed E-state index contributed by atoms with van der Waals surface area (Å²) in [5.74, 6) is 0.214. The molecule has 1 atom stereocenters. The molecule has 0 bridgehead atoms. The maximum Gasteiger partial charge on any atom is 0.165 e. The zero-order valence-corrected chi connectivity index (χ0v) is 8.34. The van der Waals surface area contributed by atoms with E-state index in [0.29, 0.717) is 6.42 Å². The van der Waals surface area contributed by atoms with Gasteiger partial charge in [-0.25, -0.2) is 0 Å². The van der Waals surface area contributed by atoms with E-state index in [1.165, 1.54) is 0 Å². The third-order valence-corrected chi connectivity index (χ3v) is 2.46. The lowest BCUT2D eigenvalue weighted by molar-refractivity contribution is -0.132. The number of rotatable bonds is 4. The molecule has 0 saturated carbocycles. The molecule has 0 aliphatic carbocycles. The molecule has 0 amide bonds. The van der Waals surface area contributed by atoms with Crippen molar-refractivity contribution in [1.82, 2.24) is 0 Å². The van der Waals surface area contributed by atoms with Gasteiger partial charge in [-0.2, -0.15) is 0 Å².